The van der Waals surface area contributed by atoms with Crippen LogP contribution in [0.15, 0.2) is 50.2 Å². The van der Waals surface area contributed by atoms with Crippen LogP contribution in [0, 0.1) is 0 Å². The van der Waals surface area contributed by atoms with Crippen molar-refractivity contribution >= 4 is 62.2 Å². The van der Waals surface area contributed by atoms with Crippen LogP contribution in [0.3, 0.4) is 0 Å². The van der Waals surface area contributed by atoms with Gasteiger partial charge in [-0.15, -0.1) is 0 Å². The number of hydrogen-bond acceptors (Lipinski definition) is 5. The molecule has 0 spiro atoms. The van der Waals surface area contributed by atoms with Crippen molar-refractivity contribution in [3.05, 3.63) is 51.5 Å². The van der Waals surface area contributed by atoms with Crippen molar-refractivity contribution in [3.63, 3.8) is 0 Å². The number of thiocarbonyl (C=S) groups is 1. The highest BCUT2D eigenvalue weighted by Gasteiger charge is 2.31. The first kappa shape index (κ1) is 20.8. The van der Waals surface area contributed by atoms with Crippen molar-refractivity contribution in [1.29, 1.82) is 0 Å². The molecule has 2 heterocycles. The van der Waals surface area contributed by atoms with Crippen LogP contribution < -0.4 is 0 Å². The van der Waals surface area contributed by atoms with Gasteiger partial charge in [0, 0.05) is 29.1 Å². The molecule has 1 aromatic heterocycles. The summed E-state index contributed by atoms with van der Waals surface area (Å²) in [5.74, 6) is 0.376. The van der Waals surface area contributed by atoms with Gasteiger partial charge in [-0.1, -0.05) is 64.5 Å². The molecule has 28 heavy (non-hydrogen) atoms. The van der Waals surface area contributed by atoms with E-state index in [2.05, 4.69) is 15.9 Å². The highest BCUT2D eigenvalue weighted by molar-refractivity contribution is 9.10. The predicted octanol–water partition coefficient (Wildman–Crippen LogP) is 5.56. The average Bonchev–Trinajstić information content (AvgIpc) is 3.21. The maximum atomic E-state index is 12.6. The van der Waals surface area contributed by atoms with Crippen molar-refractivity contribution < 1.29 is 19.1 Å². The zero-order valence-electron chi connectivity index (χ0n) is 14.9. The molecule has 1 amide bonds. The molecule has 3 rings (SSSR count). The number of aliphatic carboxylic acids is 1. The third kappa shape index (κ3) is 5.12. The second kappa shape index (κ2) is 9.54. The van der Waals surface area contributed by atoms with Crippen molar-refractivity contribution in [2.45, 2.75) is 25.7 Å². The molecule has 1 N–H and O–H groups in total. The quantitative estimate of drug-likeness (QED) is 0.303. The number of benzene rings is 1. The minimum atomic E-state index is -0.797. The zero-order valence-corrected chi connectivity index (χ0v) is 18.1. The van der Waals surface area contributed by atoms with Gasteiger partial charge in [0.25, 0.3) is 5.91 Å². The van der Waals surface area contributed by atoms with E-state index >= 15 is 0 Å². The number of furan rings is 1. The molecule has 0 saturated carbocycles. The van der Waals surface area contributed by atoms with Gasteiger partial charge < -0.3 is 9.52 Å². The van der Waals surface area contributed by atoms with Crippen LogP contribution in [0.4, 0.5) is 0 Å². The van der Waals surface area contributed by atoms with Crippen LogP contribution in [-0.4, -0.2) is 32.7 Å². The summed E-state index contributed by atoms with van der Waals surface area (Å²) in [6.45, 7) is 0.502. The molecule has 0 atom stereocenters. The fourth-order valence-electron chi connectivity index (χ4n) is 2.78. The third-order valence-corrected chi connectivity index (χ3v) is 6.25. The highest BCUT2D eigenvalue weighted by atomic mass is 79.9. The van der Waals surface area contributed by atoms with Crippen molar-refractivity contribution in [3.8, 4) is 11.3 Å². The summed E-state index contributed by atoms with van der Waals surface area (Å²) < 4.78 is 7.33. The lowest BCUT2D eigenvalue weighted by molar-refractivity contribution is -0.137. The Morgan fingerprint density at radius 1 is 1.21 bits per heavy atom. The maximum Gasteiger partial charge on any atom is 0.303 e. The number of halogens is 1. The SMILES string of the molecule is O=C(O)CCCCCN1C(=O)/C(=C/c2ccc(-c3ccccc3Br)o2)SC1=S. The predicted molar refractivity (Wildman–Crippen MR) is 118 cm³/mol. The van der Waals surface area contributed by atoms with E-state index in [1.165, 1.54) is 11.8 Å². The summed E-state index contributed by atoms with van der Waals surface area (Å²) in [5.41, 5.74) is 0.941. The monoisotopic (exact) mass is 479 g/mol. The fourth-order valence-corrected chi connectivity index (χ4v) is 4.55. The largest absolute Gasteiger partial charge is 0.481 e. The van der Waals surface area contributed by atoms with E-state index in [1.807, 2.05) is 36.4 Å². The Kier molecular flexibility index (Phi) is 7.09. The zero-order chi connectivity index (χ0) is 20.1. The lowest BCUT2D eigenvalue weighted by atomic mass is 10.2. The minimum Gasteiger partial charge on any atom is -0.481 e. The molecular weight excluding hydrogens is 462 g/mol. The topological polar surface area (TPSA) is 70.8 Å². The Labute approximate surface area is 180 Å². The van der Waals surface area contributed by atoms with E-state index in [-0.39, 0.29) is 12.3 Å². The van der Waals surface area contributed by atoms with E-state index in [4.69, 9.17) is 21.7 Å². The number of carbonyl (C=O) groups is 2. The van der Waals surface area contributed by atoms with E-state index < -0.39 is 5.97 Å². The molecule has 8 heteroatoms. The molecular formula is C20H18BrNO4S2. The van der Waals surface area contributed by atoms with Gasteiger partial charge in [-0.2, -0.15) is 0 Å². The molecule has 1 fully saturated rings. The second-order valence-electron chi connectivity index (χ2n) is 6.22. The summed E-state index contributed by atoms with van der Waals surface area (Å²) in [6.07, 6.45) is 3.93. The van der Waals surface area contributed by atoms with Gasteiger partial charge in [0.1, 0.15) is 15.8 Å². The molecule has 0 bridgehead atoms. The van der Waals surface area contributed by atoms with Gasteiger partial charge in [0.15, 0.2) is 0 Å². The van der Waals surface area contributed by atoms with Gasteiger partial charge in [0.05, 0.1) is 4.91 Å². The Balaban J connectivity index is 1.64. The molecule has 0 unspecified atom stereocenters. The van der Waals surface area contributed by atoms with Gasteiger partial charge in [0.2, 0.25) is 0 Å². The first-order valence-corrected chi connectivity index (χ1v) is 10.8. The number of unbranched alkanes of at least 4 members (excludes halogenated alkanes) is 2. The first-order valence-electron chi connectivity index (χ1n) is 8.77. The lowest BCUT2D eigenvalue weighted by Gasteiger charge is -2.13. The Bertz CT molecular complexity index is 938. The summed E-state index contributed by atoms with van der Waals surface area (Å²) in [7, 11) is 0. The number of carboxylic acid groups (broad SMARTS) is 1. The molecule has 1 aliphatic rings. The average molecular weight is 480 g/mol. The number of carboxylic acids is 1. The maximum absolute atomic E-state index is 12.6. The van der Waals surface area contributed by atoms with Gasteiger partial charge in [-0.3, -0.25) is 14.5 Å². The first-order chi connectivity index (χ1) is 13.5. The normalized spacial score (nSPS) is 15.6. The molecule has 146 valence electrons. The Morgan fingerprint density at radius 2 is 2.00 bits per heavy atom. The smallest absolute Gasteiger partial charge is 0.303 e. The summed E-state index contributed by atoms with van der Waals surface area (Å²) >= 11 is 10.1. The van der Waals surface area contributed by atoms with Crippen LogP contribution in [0.2, 0.25) is 0 Å². The summed E-state index contributed by atoms with van der Waals surface area (Å²) in [4.78, 5) is 25.3. The van der Waals surface area contributed by atoms with Gasteiger partial charge in [-0.05, 0) is 31.0 Å². The van der Waals surface area contributed by atoms with Crippen LogP contribution in [-0.2, 0) is 9.59 Å². The van der Waals surface area contributed by atoms with Gasteiger partial charge >= 0.3 is 5.97 Å². The molecule has 2 aromatic rings. The number of carbonyl (C=O) groups excluding carboxylic acids is 1. The molecule has 0 radical (unpaired) electrons. The van der Waals surface area contributed by atoms with E-state index in [9.17, 15) is 9.59 Å². The number of nitrogens with zero attached hydrogens (tertiary/aromatic N) is 1. The summed E-state index contributed by atoms with van der Waals surface area (Å²) in [5, 5.41) is 8.67. The van der Waals surface area contributed by atoms with E-state index in [1.54, 1.807) is 11.0 Å². The van der Waals surface area contributed by atoms with Crippen molar-refractivity contribution in [1.82, 2.24) is 4.90 Å². The number of thioether (sulfide) groups is 1. The van der Waals surface area contributed by atoms with Crippen molar-refractivity contribution in [2.75, 3.05) is 6.54 Å². The molecule has 0 aliphatic carbocycles. The van der Waals surface area contributed by atoms with Crippen LogP contribution in [0.5, 0.6) is 0 Å². The second-order valence-corrected chi connectivity index (χ2v) is 8.75. The van der Waals surface area contributed by atoms with E-state index in [0.29, 0.717) is 33.7 Å². The lowest BCUT2D eigenvalue weighted by Crippen LogP contribution is -2.29. The Hall–Kier alpha value is -1.90. The highest BCUT2D eigenvalue weighted by Crippen LogP contribution is 2.35. The molecule has 1 aromatic carbocycles. The van der Waals surface area contributed by atoms with Crippen LogP contribution >= 0.6 is 39.9 Å². The number of amides is 1. The molecule has 1 saturated heterocycles. The third-order valence-electron chi connectivity index (χ3n) is 4.19. The van der Waals surface area contributed by atoms with Crippen LogP contribution in [0.25, 0.3) is 17.4 Å². The standard InChI is InChI=1S/C20H18BrNO4S2/c21-15-7-4-3-6-14(15)16-10-9-13(26-16)12-17-19(25)22(20(27)28-17)11-5-1-2-8-18(23)24/h3-4,6-7,9-10,12H,1-2,5,8,11H2,(H,23,24)/b17-12-. The summed E-state index contributed by atoms with van der Waals surface area (Å²) in [6, 6.07) is 11.5. The van der Waals surface area contributed by atoms with Gasteiger partial charge in [-0.25, -0.2) is 0 Å². The Morgan fingerprint density at radius 3 is 2.75 bits per heavy atom. The van der Waals surface area contributed by atoms with Crippen molar-refractivity contribution in [2.24, 2.45) is 0 Å². The minimum absolute atomic E-state index is 0.132. The number of rotatable bonds is 8. The van der Waals surface area contributed by atoms with Crippen LogP contribution in [0.1, 0.15) is 31.4 Å². The fraction of sp³-hybridized carbons (Fsp3) is 0.250. The van der Waals surface area contributed by atoms with E-state index in [0.717, 1.165) is 22.9 Å². The number of hydrogen-bond donors (Lipinski definition) is 1. The molecule has 5 nitrogen and oxygen atoms in total. The molecule has 1 aliphatic heterocycles.